The van der Waals surface area contributed by atoms with Crippen molar-refractivity contribution in [3.05, 3.63) is 53.2 Å². The number of anilines is 2. The number of fused-ring (bicyclic) bond motifs is 1. The van der Waals surface area contributed by atoms with Crippen LogP contribution in [0.25, 0.3) is 11.0 Å². The van der Waals surface area contributed by atoms with Crippen molar-refractivity contribution in [2.45, 2.75) is 52.6 Å². The number of nitrogen functional groups attached to an aromatic ring is 1. The van der Waals surface area contributed by atoms with Gasteiger partial charge < -0.3 is 20.8 Å². The summed E-state index contributed by atoms with van der Waals surface area (Å²) in [6, 6.07) is 5.41. The van der Waals surface area contributed by atoms with Gasteiger partial charge in [0.1, 0.15) is 29.6 Å². The number of hydrogen-bond donors (Lipinski definition) is 2. The molecule has 1 aromatic carbocycles. The number of nitrogens with zero attached hydrogens (tertiary/aromatic N) is 6. The molecule has 1 saturated heterocycles. The molecule has 1 amide bonds. The lowest BCUT2D eigenvalue weighted by Crippen LogP contribution is -2.36. The molecule has 1 atom stereocenters. The molecule has 10 nitrogen and oxygen atoms in total. The first kappa shape index (κ1) is 26.7. The van der Waals surface area contributed by atoms with Crippen LogP contribution in [-0.2, 0) is 9.63 Å². The predicted molar refractivity (Wildman–Crippen MR) is 151 cm³/mol. The number of likely N-dealkylation sites (N-methyl/N-ethyl adjacent to an activating group) is 1. The SMILES string of the molecule is Cc1ccc(NC(=O)C2C=C(C(C)(C)C)ON2C)cc1C#Cc1nn(C2CCN(C)CC2)c2ncnc(N)c12. The summed E-state index contributed by atoms with van der Waals surface area (Å²) >= 11 is 0. The number of nitrogens with two attached hydrogens (primary N) is 1. The van der Waals surface area contributed by atoms with Crippen molar-refractivity contribution in [1.29, 1.82) is 0 Å². The number of rotatable bonds is 3. The number of piperidine rings is 1. The maximum atomic E-state index is 13.1. The maximum absolute atomic E-state index is 13.1. The predicted octanol–water partition coefficient (Wildman–Crippen LogP) is 3.50. The molecule has 0 aliphatic carbocycles. The summed E-state index contributed by atoms with van der Waals surface area (Å²) in [5.41, 5.74) is 9.77. The Hall–Kier alpha value is -3.94. The van der Waals surface area contributed by atoms with E-state index < -0.39 is 6.04 Å². The van der Waals surface area contributed by atoms with E-state index >= 15 is 0 Å². The first-order chi connectivity index (χ1) is 18.5. The van der Waals surface area contributed by atoms with Crippen LogP contribution in [0, 0.1) is 24.2 Å². The molecule has 2 aliphatic rings. The first-order valence-corrected chi connectivity index (χ1v) is 13.2. The number of carbonyl (C=O) groups excluding carboxylic acids is 1. The Bertz CT molecular complexity index is 1500. The quantitative estimate of drug-likeness (QED) is 0.497. The Morgan fingerprint density at radius 1 is 1.15 bits per heavy atom. The first-order valence-electron chi connectivity index (χ1n) is 13.2. The number of hydrogen-bond acceptors (Lipinski definition) is 8. The fraction of sp³-hybridized carbons (Fsp3) is 0.448. The highest BCUT2D eigenvalue weighted by Gasteiger charge is 2.35. The number of carbonyl (C=O) groups is 1. The average molecular weight is 529 g/mol. The maximum Gasteiger partial charge on any atom is 0.249 e. The Labute approximate surface area is 229 Å². The molecular weight excluding hydrogens is 492 g/mol. The standard InChI is InChI=1S/C29H36N8O2/c1-18-7-9-20(33-28(38)23-16-24(29(2,3)4)39-36(23)6)15-19(18)8-10-22-25-26(30)31-17-32-27(25)37(34-22)21-11-13-35(5)14-12-21/h7,9,15-17,21,23H,11-14H2,1-6H3,(H,33,38)(H2,30,31,32). The third kappa shape index (κ3) is 5.46. The van der Waals surface area contributed by atoms with Crippen LogP contribution in [0.4, 0.5) is 11.5 Å². The summed E-state index contributed by atoms with van der Waals surface area (Å²) in [6.07, 6.45) is 5.31. The zero-order valence-electron chi connectivity index (χ0n) is 23.4. The molecule has 0 bridgehead atoms. The van der Waals surface area contributed by atoms with Crippen molar-refractivity contribution in [2.24, 2.45) is 5.41 Å². The normalized spacial score (nSPS) is 18.9. The van der Waals surface area contributed by atoms with Crippen LogP contribution in [0.5, 0.6) is 0 Å². The fourth-order valence-electron chi connectivity index (χ4n) is 4.87. The Morgan fingerprint density at radius 3 is 2.59 bits per heavy atom. The molecule has 4 heterocycles. The van der Waals surface area contributed by atoms with Crippen molar-refractivity contribution in [3.63, 3.8) is 0 Å². The van der Waals surface area contributed by atoms with E-state index in [1.165, 1.54) is 6.33 Å². The van der Waals surface area contributed by atoms with Crippen LogP contribution in [0.1, 0.15) is 56.5 Å². The van der Waals surface area contributed by atoms with Gasteiger partial charge in [0, 0.05) is 23.7 Å². The highest BCUT2D eigenvalue weighted by Crippen LogP contribution is 2.33. The minimum absolute atomic E-state index is 0.174. The van der Waals surface area contributed by atoms with Gasteiger partial charge in [-0.2, -0.15) is 5.10 Å². The summed E-state index contributed by atoms with van der Waals surface area (Å²) in [7, 11) is 3.89. The van der Waals surface area contributed by atoms with Gasteiger partial charge in [-0.3, -0.25) is 4.79 Å². The van der Waals surface area contributed by atoms with Crippen molar-refractivity contribution in [3.8, 4) is 11.8 Å². The van der Waals surface area contributed by atoms with Crippen molar-refractivity contribution in [2.75, 3.05) is 38.2 Å². The van der Waals surface area contributed by atoms with Crippen LogP contribution in [0.2, 0.25) is 0 Å². The Morgan fingerprint density at radius 2 is 1.90 bits per heavy atom. The zero-order chi connectivity index (χ0) is 27.9. The lowest BCUT2D eigenvalue weighted by Gasteiger charge is -2.29. The molecule has 0 saturated carbocycles. The van der Waals surface area contributed by atoms with Crippen molar-refractivity contribution < 1.29 is 9.63 Å². The van der Waals surface area contributed by atoms with Gasteiger partial charge in [-0.25, -0.2) is 14.6 Å². The van der Waals surface area contributed by atoms with E-state index in [0.717, 1.165) is 42.8 Å². The van der Waals surface area contributed by atoms with Crippen LogP contribution >= 0.6 is 0 Å². The van der Waals surface area contributed by atoms with Gasteiger partial charge in [0.15, 0.2) is 5.65 Å². The highest BCUT2D eigenvalue weighted by molar-refractivity contribution is 5.96. The molecule has 39 heavy (non-hydrogen) atoms. The van der Waals surface area contributed by atoms with Crippen molar-refractivity contribution >= 4 is 28.4 Å². The topological polar surface area (TPSA) is 114 Å². The summed E-state index contributed by atoms with van der Waals surface area (Å²) in [5.74, 6) is 7.43. The van der Waals surface area contributed by atoms with Crippen LogP contribution in [-0.4, -0.2) is 68.8 Å². The van der Waals surface area contributed by atoms with E-state index in [9.17, 15) is 4.79 Å². The molecule has 2 aromatic heterocycles. The smallest absolute Gasteiger partial charge is 0.249 e. The highest BCUT2D eigenvalue weighted by atomic mass is 16.7. The number of hydroxylamine groups is 2. The molecule has 3 N–H and O–H groups in total. The second kappa shape index (κ2) is 10.3. The number of aromatic nitrogens is 4. The lowest BCUT2D eigenvalue weighted by atomic mass is 9.93. The van der Waals surface area contributed by atoms with E-state index in [0.29, 0.717) is 28.2 Å². The van der Waals surface area contributed by atoms with Gasteiger partial charge >= 0.3 is 0 Å². The number of nitrogens with one attached hydrogen (secondary N) is 1. The number of benzene rings is 1. The van der Waals surface area contributed by atoms with Gasteiger partial charge in [0.25, 0.3) is 0 Å². The van der Waals surface area contributed by atoms with Crippen LogP contribution in [0.3, 0.4) is 0 Å². The van der Waals surface area contributed by atoms with Crippen LogP contribution in [0.15, 0.2) is 36.4 Å². The lowest BCUT2D eigenvalue weighted by molar-refractivity contribution is -0.139. The van der Waals surface area contributed by atoms with E-state index in [1.807, 2.05) is 35.9 Å². The molecule has 1 unspecified atom stereocenters. The fourth-order valence-corrected chi connectivity index (χ4v) is 4.87. The number of aryl methyl sites for hydroxylation is 1. The van der Waals surface area contributed by atoms with Gasteiger partial charge in [-0.05, 0) is 69.6 Å². The summed E-state index contributed by atoms with van der Waals surface area (Å²) in [4.78, 5) is 29.9. The third-order valence-electron chi connectivity index (χ3n) is 7.32. The summed E-state index contributed by atoms with van der Waals surface area (Å²) < 4.78 is 1.97. The van der Waals surface area contributed by atoms with E-state index in [2.05, 4.69) is 59.8 Å². The molecule has 2 aliphatic heterocycles. The number of allylic oxidation sites excluding steroid dienone is 1. The number of likely N-dealkylation sites (tertiary alicyclic amines) is 1. The molecule has 0 radical (unpaired) electrons. The summed E-state index contributed by atoms with van der Waals surface area (Å²) in [5, 5.41) is 10.1. The molecule has 5 rings (SSSR count). The van der Waals surface area contributed by atoms with E-state index in [4.69, 9.17) is 15.7 Å². The van der Waals surface area contributed by atoms with Crippen LogP contribution < -0.4 is 11.1 Å². The molecule has 0 spiro atoms. The average Bonchev–Trinajstić information content (AvgIpc) is 3.46. The largest absolute Gasteiger partial charge is 0.409 e. The van der Waals surface area contributed by atoms with Crippen molar-refractivity contribution in [1.82, 2.24) is 29.7 Å². The second-order valence-corrected chi connectivity index (χ2v) is 11.4. The molecule has 3 aromatic rings. The van der Waals surface area contributed by atoms with Gasteiger partial charge in [0.05, 0.1) is 11.4 Å². The number of amides is 1. The third-order valence-corrected chi connectivity index (χ3v) is 7.32. The van der Waals surface area contributed by atoms with Gasteiger partial charge in [0.2, 0.25) is 5.91 Å². The minimum atomic E-state index is -0.520. The van der Waals surface area contributed by atoms with Gasteiger partial charge in [-0.1, -0.05) is 32.8 Å². The minimum Gasteiger partial charge on any atom is -0.409 e. The second-order valence-electron chi connectivity index (χ2n) is 11.4. The monoisotopic (exact) mass is 528 g/mol. The zero-order valence-corrected chi connectivity index (χ0v) is 23.4. The Balaban J connectivity index is 1.42. The van der Waals surface area contributed by atoms with E-state index in [-0.39, 0.29) is 17.4 Å². The molecular formula is C29H36N8O2. The molecule has 1 fully saturated rings. The molecule has 10 heteroatoms. The molecule has 204 valence electrons. The Kier molecular flexibility index (Phi) is 7.05. The summed E-state index contributed by atoms with van der Waals surface area (Å²) in [6.45, 7) is 10.1. The van der Waals surface area contributed by atoms with E-state index in [1.54, 1.807) is 12.1 Å². The van der Waals surface area contributed by atoms with Gasteiger partial charge in [-0.15, -0.1) is 5.06 Å².